The largest absolute Gasteiger partial charge is 0.378 e. The van der Waals surface area contributed by atoms with Crippen molar-refractivity contribution in [1.29, 1.82) is 0 Å². The Morgan fingerprint density at radius 2 is 1.96 bits per heavy atom. The van der Waals surface area contributed by atoms with Gasteiger partial charge in [-0.15, -0.1) is 10.2 Å². The number of anilines is 1. The van der Waals surface area contributed by atoms with E-state index in [0.29, 0.717) is 5.92 Å². The second-order valence-corrected chi connectivity index (χ2v) is 8.06. The van der Waals surface area contributed by atoms with Crippen LogP contribution < -0.4 is 4.90 Å². The normalized spacial score (nSPS) is 15.2. The first-order valence-corrected chi connectivity index (χ1v) is 10.0. The van der Waals surface area contributed by atoms with Gasteiger partial charge in [0.15, 0.2) is 5.16 Å². The highest BCUT2D eigenvalue weighted by molar-refractivity contribution is 9.10. The van der Waals surface area contributed by atoms with E-state index in [2.05, 4.69) is 67.6 Å². The van der Waals surface area contributed by atoms with Gasteiger partial charge in [0, 0.05) is 29.9 Å². The Morgan fingerprint density at radius 3 is 2.67 bits per heavy atom. The molecule has 24 heavy (non-hydrogen) atoms. The molecule has 0 spiro atoms. The third-order valence-corrected chi connectivity index (χ3v) is 5.64. The Morgan fingerprint density at radius 1 is 1.21 bits per heavy atom. The average Bonchev–Trinajstić information content (AvgIpc) is 2.97. The molecule has 0 atom stereocenters. The summed E-state index contributed by atoms with van der Waals surface area (Å²) in [6.45, 7) is 8.66. The number of aromatic nitrogens is 3. The van der Waals surface area contributed by atoms with Crippen LogP contribution in [0.2, 0.25) is 0 Å². The van der Waals surface area contributed by atoms with Crippen molar-refractivity contribution >= 4 is 33.6 Å². The number of morpholine rings is 1. The number of rotatable bonds is 6. The summed E-state index contributed by atoms with van der Waals surface area (Å²) in [5.74, 6) is 2.39. The van der Waals surface area contributed by atoms with Gasteiger partial charge in [-0.25, -0.2) is 0 Å². The molecule has 1 fully saturated rings. The van der Waals surface area contributed by atoms with Crippen molar-refractivity contribution in [3.8, 4) is 0 Å². The maximum atomic E-state index is 5.46. The fourth-order valence-electron chi connectivity index (χ4n) is 2.67. The number of ether oxygens (including phenoxy) is 1. The lowest BCUT2D eigenvalue weighted by molar-refractivity contribution is 0.121. The topological polar surface area (TPSA) is 43.2 Å². The molecule has 0 aliphatic carbocycles. The van der Waals surface area contributed by atoms with Gasteiger partial charge in [-0.3, -0.25) is 4.57 Å². The molecule has 3 rings (SSSR count). The predicted octanol–water partition coefficient (Wildman–Crippen LogP) is 3.83. The minimum absolute atomic E-state index is 0.545. The fourth-order valence-corrected chi connectivity index (χ4v) is 4.23. The molecule has 0 bridgehead atoms. The molecule has 0 unspecified atom stereocenters. The number of halogens is 1. The summed E-state index contributed by atoms with van der Waals surface area (Å²) >= 11 is 5.36. The highest BCUT2D eigenvalue weighted by Gasteiger charge is 2.21. The first-order chi connectivity index (χ1) is 11.6. The van der Waals surface area contributed by atoms with E-state index in [-0.39, 0.29) is 0 Å². The van der Waals surface area contributed by atoms with Crippen molar-refractivity contribution in [2.24, 2.45) is 5.92 Å². The zero-order valence-corrected chi connectivity index (χ0v) is 16.5. The molecule has 2 heterocycles. The zero-order valence-electron chi connectivity index (χ0n) is 14.1. The summed E-state index contributed by atoms with van der Waals surface area (Å²) in [6.07, 6.45) is 0. The van der Waals surface area contributed by atoms with Crippen molar-refractivity contribution in [2.45, 2.75) is 31.3 Å². The van der Waals surface area contributed by atoms with Crippen LogP contribution in [-0.4, -0.2) is 41.1 Å². The Kier molecular flexibility index (Phi) is 6.19. The molecular weight excluding hydrogens is 388 g/mol. The Balaban J connectivity index is 1.79. The van der Waals surface area contributed by atoms with Crippen LogP contribution in [0.4, 0.5) is 5.95 Å². The van der Waals surface area contributed by atoms with E-state index < -0.39 is 0 Å². The molecule has 5 nitrogen and oxygen atoms in total. The molecule has 0 N–H and O–H groups in total. The van der Waals surface area contributed by atoms with Gasteiger partial charge < -0.3 is 9.64 Å². The van der Waals surface area contributed by atoms with Crippen molar-refractivity contribution < 1.29 is 4.74 Å². The molecule has 7 heteroatoms. The number of nitrogens with zero attached hydrogens (tertiary/aromatic N) is 4. The van der Waals surface area contributed by atoms with Gasteiger partial charge in [0.05, 0.1) is 13.2 Å². The molecule has 0 amide bonds. The standard InChI is InChI=1S/C17H23BrN4OS/c1-13(2)11-22-16(21-7-9-23-10-8-21)19-20-17(22)24-12-14-5-3-4-6-15(14)18/h3-6,13H,7-12H2,1-2H3. The van der Waals surface area contributed by atoms with Crippen LogP contribution >= 0.6 is 27.7 Å². The second kappa shape index (κ2) is 8.36. The van der Waals surface area contributed by atoms with Crippen LogP contribution in [0.3, 0.4) is 0 Å². The van der Waals surface area contributed by atoms with Crippen LogP contribution in [0.25, 0.3) is 0 Å². The van der Waals surface area contributed by atoms with Crippen molar-refractivity contribution in [2.75, 3.05) is 31.2 Å². The minimum atomic E-state index is 0.545. The highest BCUT2D eigenvalue weighted by atomic mass is 79.9. The average molecular weight is 411 g/mol. The predicted molar refractivity (Wildman–Crippen MR) is 102 cm³/mol. The summed E-state index contributed by atoms with van der Waals surface area (Å²) in [6, 6.07) is 8.33. The van der Waals surface area contributed by atoms with E-state index in [9.17, 15) is 0 Å². The number of thioether (sulfide) groups is 1. The van der Waals surface area contributed by atoms with Crippen LogP contribution in [-0.2, 0) is 17.0 Å². The van der Waals surface area contributed by atoms with Gasteiger partial charge in [-0.05, 0) is 17.5 Å². The smallest absolute Gasteiger partial charge is 0.228 e. The Bertz CT molecular complexity index is 670. The maximum Gasteiger partial charge on any atom is 0.228 e. The molecule has 1 aliphatic rings. The molecule has 130 valence electrons. The van der Waals surface area contributed by atoms with E-state index in [1.165, 1.54) is 5.56 Å². The van der Waals surface area contributed by atoms with E-state index >= 15 is 0 Å². The van der Waals surface area contributed by atoms with Crippen LogP contribution in [0.15, 0.2) is 33.9 Å². The van der Waals surface area contributed by atoms with Gasteiger partial charge >= 0.3 is 0 Å². The molecule has 1 aliphatic heterocycles. The fraction of sp³-hybridized carbons (Fsp3) is 0.529. The monoisotopic (exact) mass is 410 g/mol. The lowest BCUT2D eigenvalue weighted by Gasteiger charge is -2.28. The van der Waals surface area contributed by atoms with Crippen molar-refractivity contribution in [3.63, 3.8) is 0 Å². The first kappa shape index (κ1) is 17.8. The van der Waals surface area contributed by atoms with Crippen LogP contribution in [0, 0.1) is 5.92 Å². The molecule has 1 saturated heterocycles. The Hall–Kier alpha value is -1.05. The molecular formula is C17H23BrN4OS. The molecule has 0 saturated carbocycles. The van der Waals surface area contributed by atoms with Gasteiger partial charge in [0.2, 0.25) is 5.95 Å². The third kappa shape index (κ3) is 4.32. The highest BCUT2D eigenvalue weighted by Crippen LogP contribution is 2.29. The van der Waals surface area contributed by atoms with Crippen molar-refractivity contribution in [1.82, 2.24) is 14.8 Å². The third-order valence-electron chi connectivity index (χ3n) is 3.85. The van der Waals surface area contributed by atoms with Gasteiger partial charge in [0.1, 0.15) is 0 Å². The van der Waals surface area contributed by atoms with E-state index in [1.807, 2.05) is 6.07 Å². The molecule has 1 aromatic heterocycles. The minimum Gasteiger partial charge on any atom is -0.378 e. The first-order valence-electron chi connectivity index (χ1n) is 8.27. The maximum absolute atomic E-state index is 5.46. The molecule has 2 aromatic rings. The zero-order chi connectivity index (χ0) is 16.9. The number of hydrogen-bond donors (Lipinski definition) is 0. The number of hydrogen-bond acceptors (Lipinski definition) is 5. The Labute approximate surface area is 155 Å². The van der Waals surface area contributed by atoms with E-state index in [0.717, 1.165) is 54.2 Å². The van der Waals surface area contributed by atoms with Gasteiger partial charge in [-0.1, -0.05) is 59.7 Å². The van der Waals surface area contributed by atoms with E-state index in [4.69, 9.17) is 4.74 Å². The lowest BCUT2D eigenvalue weighted by atomic mass is 10.2. The SMILES string of the molecule is CC(C)Cn1c(SCc2ccccc2Br)nnc1N1CCOCC1. The molecule has 0 radical (unpaired) electrons. The van der Waals surface area contributed by atoms with Crippen molar-refractivity contribution in [3.05, 3.63) is 34.3 Å². The van der Waals surface area contributed by atoms with Gasteiger partial charge in [0.25, 0.3) is 0 Å². The second-order valence-electron chi connectivity index (χ2n) is 6.27. The van der Waals surface area contributed by atoms with Gasteiger partial charge in [-0.2, -0.15) is 0 Å². The summed E-state index contributed by atoms with van der Waals surface area (Å²) in [5, 5.41) is 9.93. The number of benzene rings is 1. The van der Waals surface area contributed by atoms with Crippen LogP contribution in [0.1, 0.15) is 19.4 Å². The summed E-state index contributed by atoms with van der Waals surface area (Å²) in [7, 11) is 0. The van der Waals surface area contributed by atoms with Crippen LogP contribution in [0.5, 0.6) is 0 Å². The quantitative estimate of drug-likeness (QED) is 0.676. The summed E-state index contributed by atoms with van der Waals surface area (Å²) < 4.78 is 8.86. The summed E-state index contributed by atoms with van der Waals surface area (Å²) in [4.78, 5) is 2.28. The summed E-state index contributed by atoms with van der Waals surface area (Å²) in [5.41, 5.74) is 1.27. The lowest BCUT2D eigenvalue weighted by Crippen LogP contribution is -2.38. The molecule has 1 aromatic carbocycles. The van der Waals surface area contributed by atoms with E-state index in [1.54, 1.807) is 11.8 Å².